The zero-order valence-corrected chi connectivity index (χ0v) is 30.5. The Labute approximate surface area is 321 Å². The smallest absolute Gasteiger partial charge is 0.251 e. The molecule has 2 aliphatic rings. The molecule has 0 bridgehead atoms. The molecule has 24 nitrogen and oxygen atoms in total. The summed E-state index contributed by atoms with van der Waals surface area (Å²) in [6.45, 7) is -3.53. The van der Waals surface area contributed by atoms with Crippen LogP contribution in [0.2, 0.25) is 0 Å². The number of aliphatic hydroxyl groups excluding tert-OH is 16. The standard InChI is InChI=1S/C32H60N2O22/c35-9-13(39)27(55-31-25(49)19(43)17(41)15(11-37)53-31)21(45)23(47)29(51)33-7-5-3-1-2-4-6-8-34-30(52)24(48)22(46)28(14(40)10-36)56-32-26(50)20(44)18(42)16(12-38)54-32/h13-28,31-32,35-50H,1-12H2,(H,33,51)(H,34,52)/t13-,14-,15-,16-,17+,18+,19+,20+,21-,22-,23-,24-,25-,26-,27-,28-,31+,32+/m1/s1. The Morgan fingerprint density at radius 3 is 1.12 bits per heavy atom. The molecule has 330 valence electrons. The number of nitrogens with one attached hydrogen (secondary N) is 2. The summed E-state index contributed by atoms with van der Waals surface area (Å²) in [5.74, 6) is -2.13. The van der Waals surface area contributed by atoms with Gasteiger partial charge >= 0.3 is 0 Å². The molecule has 0 radical (unpaired) electrons. The number of aliphatic hydroxyl groups is 16. The third kappa shape index (κ3) is 13.9. The molecule has 2 saturated heterocycles. The first-order valence-corrected chi connectivity index (χ1v) is 18.2. The van der Waals surface area contributed by atoms with Crippen molar-refractivity contribution in [1.29, 1.82) is 0 Å². The van der Waals surface area contributed by atoms with Crippen molar-refractivity contribution in [3.05, 3.63) is 0 Å². The lowest BCUT2D eigenvalue weighted by Gasteiger charge is -2.42. The van der Waals surface area contributed by atoms with Crippen LogP contribution in [0.4, 0.5) is 0 Å². The van der Waals surface area contributed by atoms with Gasteiger partial charge < -0.3 is 111 Å². The van der Waals surface area contributed by atoms with E-state index in [1.807, 2.05) is 0 Å². The van der Waals surface area contributed by atoms with Crippen molar-refractivity contribution in [2.24, 2.45) is 0 Å². The largest absolute Gasteiger partial charge is 0.394 e. The Hall–Kier alpha value is -1.86. The normalized spacial score (nSPS) is 32.7. The SMILES string of the molecule is O=C(NCCCCCCCCNC(=O)[C@H](O)[C@@H](O)[C@H](O[C@@H]1O[C@H](CO)[C@H](O)[C@H](O)[C@H]1O)[C@H](O)CO)[C@H](O)[C@@H](O)[C@H](O[C@@H]1O[C@H](CO)[C@H](O)[C@H](O)[C@H]1O)[C@H](O)CO. The second-order valence-corrected chi connectivity index (χ2v) is 13.7. The number of ether oxygens (including phenoxy) is 4. The van der Waals surface area contributed by atoms with Crippen molar-refractivity contribution in [2.75, 3.05) is 39.5 Å². The Bertz CT molecular complexity index is 1040. The lowest BCUT2D eigenvalue weighted by molar-refractivity contribution is -0.326. The van der Waals surface area contributed by atoms with Crippen molar-refractivity contribution in [1.82, 2.24) is 10.6 Å². The van der Waals surface area contributed by atoms with Gasteiger partial charge in [-0.3, -0.25) is 9.59 Å². The maximum absolute atomic E-state index is 12.5. The molecular weight excluding hydrogens is 764 g/mol. The van der Waals surface area contributed by atoms with Gasteiger partial charge in [0.15, 0.2) is 24.8 Å². The summed E-state index contributed by atoms with van der Waals surface area (Å²) in [7, 11) is 0. The van der Waals surface area contributed by atoms with E-state index in [2.05, 4.69) is 10.6 Å². The van der Waals surface area contributed by atoms with E-state index in [0.29, 0.717) is 38.5 Å². The second-order valence-electron chi connectivity index (χ2n) is 13.7. The minimum Gasteiger partial charge on any atom is -0.394 e. The number of hydrogen-bond donors (Lipinski definition) is 18. The first-order chi connectivity index (χ1) is 26.5. The summed E-state index contributed by atoms with van der Waals surface area (Å²) in [5.41, 5.74) is 0. The van der Waals surface area contributed by atoms with Crippen LogP contribution in [0.5, 0.6) is 0 Å². The van der Waals surface area contributed by atoms with Crippen LogP contribution in [0.15, 0.2) is 0 Å². The van der Waals surface area contributed by atoms with Gasteiger partial charge in [0.05, 0.1) is 26.4 Å². The van der Waals surface area contributed by atoms with Gasteiger partial charge in [0, 0.05) is 13.1 Å². The Balaban J connectivity index is 1.71. The lowest BCUT2D eigenvalue weighted by Crippen LogP contribution is -2.62. The molecular formula is C32H60N2O22. The first-order valence-electron chi connectivity index (χ1n) is 18.2. The maximum Gasteiger partial charge on any atom is 0.251 e. The van der Waals surface area contributed by atoms with Gasteiger partial charge in [0.2, 0.25) is 0 Å². The van der Waals surface area contributed by atoms with Crippen molar-refractivity contribution in [2.45, 2.75) is 149 Å². The van der Waals surface area contributed by atoms with Crippen LogP contribution in [0.25, 0.3) is 0 Å². The number of hydrogen-bond acceptors (Lipinski definition) is 22. The summed E-state index contributed by atoms with van der Waals surface area (Å²) in [6.07, 6.45) is -30.6. The first kappa shape index (κ1) is 50.3. The fraction of sp³-hybridized carbons (Fsp3) is 0.938. The minimum absolute atomic E-state index is 0.0613. The average Bonchev–Trinajstić information content (AvgIpc) is 3.20. The lowest BCUT2D eigenvalue weighted by atomic mass is 9.98. The summed E-state index contributed by atoms with van der Waals surface area (Å²) in [6, 6.07) is 0. The molecule has 2 amide bonds. The van der Waals surface area contributed by atoms with Gasteiger partial charge in [0.25, 0.3) is 11.8 Å². The minimum atomic E-state index is -2.19. The number of carbonyl (C=O) groups excluding carboxylic acids is 2. The number of amides is 2. The molecule has 2 fully saturated rings. The van der Waals surface area contributed by atoms with E-state index in [9.17, 15) is 91.3 Å². The molecule has 0 aromatic heterocycles. The van der Waals surface area contributed by atoms with Crippen molar-refractivity contribution in [3.63, 3.8) is 0 Å². The number of unbranched alkanes of at least 4 members (excludes halogenated alkanes) is 5. The molecule has 2 rings (SSSR count). The monoisotopic (exact) mass is 824 g/mol. The molecule has 0 unspecified atom stereocenters. The van der Waals surface area contributed by atoms with Crippen LogP contribution in [0.1, 0.15) is 38.5 Å². The van der Waals surface area contributed by atoms with Gasteiger partial charge in [-0.15, -0.1) is 0 Å². The van der Waals surface area contributed by atoms with Gasteiger partial charge in [0.1, 0.15) is 85.5 Å². The zero-order valence-electron chi connectivity index (χ0n) is 30.5. The van der Waals surface area contributed by atoms with Gasteiger partial charge in [-0.05, 0) is 12.8 Å². The highest BCUT2D eigenvalue weighted by molar-refractivity contribution is 5.81. The Morgan fingerprint density at radius 1 is 0.500 bits per heavy atom. The predicted molar refractivity (Wildman–Crippen MR) is 181 cm³/mol. The van der Waals surface area contributed by atoms with Gasteiger partial charge in [-0.2, -0.15) is 0 Å². The van der Waals surface area contributed by atoms with Crippen LogP contribution >= 0.6 is 0 Å². The molecule has 2 aliphatic heterocycles. The van der Waals surface area contributed by atoms with Crippen LogP contribution in [0.3, 0.4) is 0 Å². The summed E-state index contributed by atoms with van der Waals surface area (Å²) < 4.78 is 20.9. The highest BCUT2D eigenvalue weighted by Gasteiger charge is 2.49. The fourth-order valence-corrected chi connectivity index (χ4v) is 5.93. The molecule has 18 atom stereocenters. The molecule has 18 N–H and O–H groups in total. The van der Waals surface area contributed by atoms with E-state index in [-0.39, 0.29) is 13.1 Å². The van der Waals surface area contributed by atoms with E-state index in [0.717, 1.165) is 0 Å². The topological polar surface area (TPSA) is 419 Å². The molecule has 0 aliphatic carbocycles. The molecule has 0 spiro atoms. The number of rotatable bonds is 25. The molecule has 0 aromatic carbocycles. The van der Waals surface area contributed by atoms with E-state index in [1.54, 1.807) is 0 Å². The molecule has 56 heavy (non-hydrogen) atoms. The summed E-state index contributed by atoms with van der Waals surface area (Å²) in [4.78, 5) is 25.0. The quantitative estimate of drug-likeness (QED) is 0.0380. The second kappa shape index (κ2) is 24.9. The third-order valence-electron chi connectivity index (χ3n) is 9.47. The summed E-state index contributed by atoms with van der Waals surface area (Å²) in [5, 5.41) is 165. The number of carbonyl (C=O) groups is 2. The van der Waals surface area contributed by atoms with Crippen molar-refractivity contribution in [3.8, 4) is 0 Å². The molecule has 0 aromatic rings. The molecule has 0 saturated carbocycles. The zero-order chi connectivity index (χ0) is 42.3. The van der Waals surface area contributed by atoms with E-state index >= 15 is 0 Å². The van der Waals surface area contributed by atoms with Crippen molar-refractivity contribution >= 4 is 11.8 Å². The van der Waals surface area contributed by atoms with Crippen LogP contribution in [0, 0.1) is 0 Å². The van der Waals surface area contributed by atoms with Crippen LogP contribution < -0.4 is 10.6 Å². The van der Waals surface area contributed by atoms with Crippen LogP contribution in [-0.2, 0) is 28.5 Å². The Kier molecular flexibility index (Phi) is 22.4. The average molecular weight is 825 g/mol. The van der Waals surface area contributed by atoms with E-state index < -0.39 is 148 Å². The van der Waals surface area contributed by atoms with E-state index in [1.165, 1.54) is 0 Å². The molecule has 2 heterocycles. The van der Waals surface area contributed by atoms with E-state index in [4.69, 9.17) is 18.9 Å². The maximum atomic E-state index is 12.5. The Morgan fingerprint density at radius 2 is 0.821 bits per heavy atom. The van der Waals surface area contributed by atoms with Gasteiger partial charge in [-0.25, -0.2) is 0 Å². The van der Waals surface area contributed by atoms with Crippen LogP contribution in [-0.4, -0.2) is 243 Å². The molecule has 24 heteroatoms. The highest BCUT2D eigenvalue weighted by atomic mass is 16.7. The highest BCUT2D eigenvalue weighted by Crippen LogP contribution is 2.26. The fourth-order valence-electron chi connectivity index (χ4n) is 5.93. The summed E-state index contributed by atoms with van der Waals surface area (Å²) >= 11 is 0. The third-order valence-corrected chi connectivity index (χ3v) is 9.47. The van der Waals surface area contributed by atoms with Gasteiger partial charge in [-0.1, -0.05) is 25.7 Å². The predicted octanol–water partition coefficient (Wildman–Crippen LogP) is -9.92. The van der Waals surface area contributed by atoms with Crippen molar-refractivity contribution < 1.29 is 110 Å².